The molecule has 0 aromatic heterocycles. The van der Waals surface area contributed by atoms with Crippen molar-refractivity contribution in [1.82, 2.24) is 0 Å². The van der Waals surface area contributed by atoms with Gasteiger partial charge in [0.1, 0.15) is 0 Å². The van der Waals surface area contributed by atoms with E-state index in [2.05, 4.69) is 0 Å². The third kappa shape index (κ3) is 4.80. The summed E-state index contributed by atoms with van der Waals surface area (Å²) in [5, 5.41) is 9.43. The molecular weight excluding hydrogens is 124 g/mol. The minimum Gasteiger partial charge on any atom is -0.390 e. The Morgan fingerprint density at radius 1 is 1.40 bits per heavy atom. The molecule has 0 aliphatic carbocycles. The third-order valence-corrected chi connectivity index (χ3v) is 1.47. The molecule has 0 fully saturated rings. The molecule has 1 nitrogen and oxygen atoms in total. The van der Waals surface area contributed by atoms with Gasteiger partial charge < -0.3 is 5.11 Å². The molecule has 4 radical (unpaired) electrons. The third-order valence-electron chi connectivity index (χ3n) is 1.47. The molecule has 0 heterocycles. The van der Waals surface area contributed by atoms with Gasteiger partial charge >= 0.3 is 0 Å². The van der Waals surface area contributed by atoms with Crippen molar-refractivity contribution in [2.75, 3.05) is 0 Å². The summed E-state index contributed by atoms with van der Waals surface area (Å²) >= 11 is 0. The minimum absolute atomic E-state index is 0.639. The number of hydrogen-bond acceptors (Lipinski definition) is 1. The Morgan fingerprint density at radius 3 is 2.40 bits per heavy atom. The van der Waals surface area contributed by atoms with Gasteiger partial charge in [-0.3, -0.25) is 0 Å². The van der Waals surface area contributed by atoms with Crippen molar-refractivity contribution in [3.05, 3.63) is 25.7 Å². The molecule has 1 N–H and O–H groups in total. The van der Waals surface area contributed by atoms with E-state index in [1.54, 1.807) is 13.3 Å². The van der Waals surface area contributed by atoms with Crippen molar-refractivity contribution < 1.29 is 5.11 Å². The maximum atomic E-state index is 9.43. The second-order valence-electron chi connectivity index (χ2n) is 2.60. The Morgan fingerprint density at radius 2 is 2.00 bits per heavy atom. The average molecular weight is 140 g/mol. The predicted octanol–water partition coefficient (Wildman–Crippen LogP) is 1.98. The predicted molar refractivity (Wildman–Crippen MR) is 43.8 cm³/mol. The van der Waals surface area contributed by atoms with Crippen molar-refractivity contribution in [3.8, 4) is 0 Å². The lowest BCUT2D eigenvalue weighted by Gasteiger charge is -2.19. The van der Waals surface area contributed by atoms with Gasteiger partial charge in [0.15, 0.2) is 0 Å². The molecule has 1 atom stereocenters. The van der Waals surface area contributed by atoms with E-state index in [0.29, 0.717) is 0 Å². The molecule has 0 aliphatic rings. The number of hydrogen-bond donors (Lipinski definition) is 1. The fourth-order valence-corrected chi connectivity index (χ4v) is 0.492. The SMILES string of the molecule is C[CH][CH][CH][CH][C@](C)(O)CC. The minimum atomic E-state index is -0.639. The first-order valence-corrected chi connectivity index (χ1v) is 3.65. The zero-order valence-corrected chi connectivity index (χ0v) is 6.96. The zero-order valence-electron chi connectivity index (χ0n) is 6.96. The summed E-state index contributed by atoms with van der Waals surface area (Å²) in [6.45, 7) is 5.71. The summed E-state index contributed by atoms with van der Waals surface area (Å²) in [6.07, 6.45) is 8.25. The molecule has 58 valence electrons. The molecule has 0 saturated carbocycles. The monoisotopic (exact) mass is 140 g/mol. The number of unbranched alkanes of at least 4 members (excludes halogenated alkanes) is 2. The van der Waals surface area contributed by atoms with E-state index >= 15 is 0 Å². The van der Waals surface area contributed by atoms with Crippen LogP contribution in [0.3, 0.4) is 0 Å². The van der Waals surface area contributed by atoms with Crippen LogP contribution in [0.2, 0.25) is 0 Å². The fourth-order valence-electron chi connectivity index (χ4n) is 0.492. The molecule has 0 amide bonds. The first-order chi connectivity index (χ1) is 4.62. The van der Waals surface area contributed by atoms with E-state index in [1.165, 1.54) is 0 Å². The lowest BCUT2D eigenvalue weighted by Crippen LogP contribution is -2.23. The Labute approximate surface area is 64.5 Å². The average Bonchev–Trinajstić information content (AvgIpc) is 1.89. The van der Waals surface area contributed by atoms with E-state index < -0.39 is 5.60 Å². The molecule has 0 aromatic carbocycles. The van der Waals surface area contributed by atoms with E-state index in [-0.39, 0.29) is 0 Å². The number of rotatable bonds is 5. The van der Waals surface area contributed by atoms with Gasteiger partial charge in [-0.2, -0.15) is 0 Å². The first kappa shape index (κ1) is 9.96. The summed E-state index contributed by atoms with van der Waals surface area (Å²) in [5.74, 6) is 0. The first-order valence-electron chi connectivity index (χ1n) is 3.65. The molecule has 1 heteroatoms. The zero-order chi connectivity index (χ0) is 8.04. The van der Waals surface area contributed by atoms with E-state index in [4.69, 9.17) is 0 Å². The topological polar surface area (TPSA) is 20.2 Å². The number of aliphatic hydroxyl groups is 1. The molecule has 0 unspecified atom stereocenters. The largest absolute Gasteiger partial charge is 0.390 e. The fraction of sp³-hybridized carbons (Fsp3) is 0.556. The van der Waals surface area contributed by atoms with Crippen molar-refractivity contribution >= 4 is 0 Å². The normalized spacial score (nSPS) is 16.8. The van der Waals surface area contributed by atoms with Gasteiger partial charge in [-0.1, -0.05) is 13.8 Å². The van der Waals surface area contributed by atoms with Crippen molar-refractivity contribution in [2.24, 2.45) is 0 Å². The van der Waals surface area contributed by atoms with Gasteiger partial charge in [0.2, 0.25) is 0 Å². The Balaban J connectivity index is 3.28. The standard InChI is InChI=1S/C9H16O/c1-4-6-7-8-9(3,10)5-2/h4,6-8,10H,5H2,1-3H3/t9-/m1/s1. The smallest absolute Gasteiger partial charge is 0.0651 e. The molecule has 0 spiro atoms. The molecule has 0 rings (SSSR count). The summed E-state index contributed by atoms with van der Waals surface area (Å²) in [6, 6.07) is 0. The highest BCUT2D eigenvalue weighted by molar-refractivity contribution is 5.08. The van der Waals surface area contributed by atoms with E-state index in [9.17, 15) is 5.11 Å². The summed E-state index contributed by atoms with van der Waals surface area (Å²) in [4.78, 5) is 0. The van der Waals surface area contributed by atoms with Crippen LogP contribution in [-0.4, -0.2) is 10.7 Å². The van der Waals surface area contributed by atoms with Crippen molar-refractivity contribution in [1.29, 1.82) is 0 Å². The van der Waals surface area contributed by atoms with Gasteiger partial charge in [-0.15, -0.1) is 0 Å². The Bertz CT molecular complexity index is 76.8. The van der Waals surface area contributed by atoms with Crippen LogP contribution in [0.1, 0.15) is 27.2 Å². The van der Waals surface area contributed by atoms with E-state index in [1.807, 2.05) is 33.1 Å². The van der Waals surface area contributed by atoms with Gasteiger partial charge in [0.25, 0.3) is 0 Å². The van der Waals surface area contributed by atoms with Crippen molar-refractivity contribution in [2.45, 2.75) is 32.8 Å². The summed E-state index contributed by atoms with van der Waals surface area (Å²) < 4.78 is 0. The summed E-state index contributed by atoms with van der Waals surface area (Å²) in [5.41, 5.74) is -0.639. The Kier molecular flexibility index (Phi) is 4.71. The van der Waals surface area contributed by atoms with Crippen LogP contribution < -0.4 is 0 Å². The van der Waals surface area contributed by atoms with Crippen LogP contribution in [0, 0.1) is 25.7 Å². The quantitative estimate of drug-likeness (QED) is 0.579. The lowest BCUT2D eigenvalue weighted by molar-refractivity contribution is 0.0928. The van der Waals surface area contributed by atoms with Crippen molar-refractivity contribution in [3.63, 3.8) is 0 Å². The molecular formula is C9H16O. The molecule has 10 heavy (non-hydrogen) atoms. The maximum Gasteiger partial charge on any atom is 0.0651 e. The molecule has 0 bridgehead atoms. The maximum absolute atomic E-state index is 9.43. The van der Waals surface area contributed by atoms with Crippen LogP contribution in [0.25, 0.3) is 0 Å². The van der Waals surface area contributed by atoms with Crippen LogP contribution in [0.4, 0.5) is 0 Å². The van der Waals surface area contributed by atoms with Crippen LogP contribution in [-0.2, 0) is 0 Å². The Hall–Kier alpha value is -0.0400. The second-order valence-corrected chi connectivity index (χ2v) is 2.60. The van der Waals surface area contributed by atoms with Crippen LogP contribution in [0.15, 0.2) is 0 Å². The van der Waals surface area contributed by atoms with Gasteiger partial charge in [-0.05, 0) is 39.0 Å². The molecule has 0 aromatic rings. The van der Waals surface area contributed by atoms with Crippen LogP contribution in [0.5, 0.6) is 0 Å². The highest BCUT2D eigenvalue weighted by atomic mass is 16.3. The van der Waals surface area contributed by atoms with Gasteiger partial charge in [0, 0.05) is 0 Å². The second kappa shape index (κ2) is 4.73. The van der Waals surface area contributed by atoms with E-state index in [0.717, 1.165) is 6.42 Å². The highest BCUT2D eigenvalue weighted by Gasteiger charge is 2.16. The van der Waals surface area contributed by atoms with Gasteiger partial charge in [-0.25, -0.2) is 0 Å². The summed E-state index contributed by atoms with van der Waals surface area (Å²) in [7, 11) is 0. The lowest BCUT2D eigenvalue weighted by atomic mass is 9.96. The highest BCUT2D eigenvalue weighted by Crippen LogP contribution is 2.14. The molecule has 0 saturated heterocycles. The molecule has 0 aliphatic heterocycles. The van der Waals surface area contributed by atoms with Crippen LogP contribution >= 0.6 is 0 Å². The van der Waals surface area contributed by atoms with Gasteiger partial charge in [0.05, 0.1) is 5.60 Å².